The van der Waals surface area contributed by atoms with Crippen molar-refractivity contribution in [3.63, 3.8) is 0 Å². The molecule has 116 valence electrons. The van der Waals surface area contributed by atoms with E-state index in [1.807, 2.05) is 6.07 Å². The van der Waals surface area contributed by atoms with Gasteiger partial charge in [0.15, 0.2) is 0 Å². The number of ether oxygens (including phenoxy) is 1. The third-order valence-corrected chi connectivity index (χ3v) is 4.82. The van der Waals surface area contributed by atoms with Gasteiger partial charge in [0.05, 0.1) is 63.0 Å². The van der Waals surface area contributed by atoms with Crippen LogP contribution in [0.25, 0.3) is 0 Å². The minimum Gasteiger partial charge on any atom is -0.397 e. The molecule has 3 rings (SSSR count). The van der Waals surface area contributed by atoms with Gasteiger partial charge in [0, 0.05) is 19.5 Å². The van der Waals surface area contributed by atoms with Gasteiger partial charge in [-0.1, -0.05) is 0 Å². The second kappa shape index (κ2) is 5.44. The summed E-state index contributed by atoms with van der Waals surface area (Å²) in [6, 6.07) is 1.82. The first kappa shape index (κ1) is 14.6. The molecule has 3 heterocycles. The van der Waals surface area contributed by atoms with Gasteiger partial charge in [-0.15, -0.1) is 0 Å². The summed E-state index contributed by atoms with van der Waals surface area (Å²) in [5.74, 6) is 0.397. The highest BCUT2D eigenvalue weighted by atomic mass is 16.5. The summed E-state index contributed by atoms with van der Waals surface area (Å²) < 4.78 is 6.46. The van der Waals surface area contributed by atoms with Crippen molar-refractivity contribution in [2.75, 3.05) is 58.4 Å². The first-order valence-electron chi connectivity index (χ1n) is 7.63. The fourth-order valence-corrected chi connectivity index (χ4v) is 3.82. The Hall–Kier alpha value is -1.37. The zero-order valence-electron chi connectivity index (χ0n) is 13.0. The lowest BCUT2D eigenvalue weighted by molar-refractivity contribution is -0.914. The molecule has 0 bridgehead atoms. The van der Waals surface area contributed by atoms with Crippen molar-refractivity contribution in [1.82, 2.24) is 9.88 Å². The molecule has 2 unspecified atom stereocenters. The number of hydrogen-bond acceptors (Lipinski definition) is 5. The quantitative estimate of drug-likeness (QED) is 0.775. The SMILES string of the molecule is C[N+]1(C)CC(c2ncc(N)cc2N)CC1N1CCOCC1. The average molecular weight is 292 g/mol. The highest BCUT2D eigenvalue weighted by Gasteiger charge is 2.45. The van der Waals surface area contributed by atoms with Gasteiger partial charge in [0.25, 0.3) is 0 Å². The van der Waals surface area contributed by atoms with Gasteiger partial charge in [-0.3, -0.25) is 4.98 Å². The maximum absolute atomic E-state index is 6.13. The lowest BCUT2D eigenvalue weighted by atomic mass is 10.0. The predicted molar refractivity (Wildman–Crippen MR) is 83.6 cm³/mol. The normalized spacial score (nSPS) is 29.6. The maximum atomic E-state index is 6.13. The molecule has 0 spiro atoms. The van der Waals surface area contributed by atoms with Crippen LogP contribution < -0.4 is 11.5 Å². The summed E-state index contributed by atoms with van der Waals surface area (Å²) in [7, 11) is 4.60. The molecule has 21 heavy (non-hydrogen) atoms. The van der Waals surface area contributed by atoms with Gasteiger partial charge in [0.2, 0.25) is 0 Å². The number of nitrogens with zero attached hydrogens (tertiary/aromatic N) is 3. The van der Waals surface area contributed by atoms with Crippen molar-refractivity contribution in [2.45, 2.75) is 18.5 Å². The smallest absolute Gasteiger partial charge is 0.146 e. The summed E-state index contributed by atoms with van der Waals surface area (Å²) in [6.07, 6.45) is 3.32. The van der Waals surface area contributed by atoms with Crippen LogP contribution in [0.4, 0.5) is 11.4 Å². The molecule has 0 aromatic carbocycles. The molecule has 0 aliphatic carbocycles. The molecule has 1 aromatic heterocycles. The summed E-state index contributed by atoms with van der Waals surface area (Å²) in [5.41, 5.74) is 14.2. The Bertz CT molecular complexity index is 513. The topological polar surface area (TPSA) is 77.4 Å². The zero-order chi connectivity index (χ0) is 15.0. The number of likely N-dealkylation sites (N-methyl/N-ethyl adjacent to an activating group) is 1. The van der Waals surface area contributed by atoms with Crippen molar-refractivity contribution in [3.05, 3.63) is 18.0 Å². The molecular weight excluding hydrogens is 266 g/mol. The number of pyridine rings is 1. The van der Waals surface area contributed by atoms with Crippen molar-refractivity contribution in [3.8, 4) is 0 Å². The molecule has 1 aromatic rings. The van der Waals surface area contributed by atoms with Crippen LogP contribution in [0, 0.1) is 0 Å². The van der Waals surface area contributed by atoms with Crippen LogP contribution in [0.2, 0.25) is 0 Å². The number of nitrogen functional groups attached to an aromatic ring is 2. The van der Waals surface area contributed by atoms with E-state index in [0.29, 0.717) is 17.8 Å². The first-order chi connectivity index (χ1) is 9.97. The van der Waals surface area contributed by atoms with E-state index in [-0.39, 0.29) is 0 Å². The number of anilines is 2. The van der Waals surface area contributed by atoms with E-state index in [1.54, 1.807) is 6.20 Å². The van der Waals surface area contributed by atoms with Crippen LogP contribution in [-0.2, 0) is 4.74 Å². The van der Waals surface area contributed by atoms with Crippen molar-refractivity contribution in [1.29, 1.82) is 0 Å². The summed E-state index contributed by atoms with van der Waals surface area (Å²) in [5, 5.41) is 0. The number of nitrogens with two attached hydrogens (primary N) is 2. The summed E-state index contributed by atoms with van der Waals surface area (Å²) >= 11 is 0. The van der Waals surface area contributed by atoms with Crippen LogP contribution in [0.3, 0.4) is 0 Å². The van der Waals surface area contributed by atoms with Gasteiger partial charge in [-0.05, 0) is 6.07 Å². The van der Waals surface area contributed by atoms with Crippen LogP contribution in [0.5, 0.6) is 0 Å². The molecule has 2 aliphatic heterocycles. The van der Waals surface area contributed by atoms with Crippen molar-refractivity contribution >= 4 is 11.4 Å². The molecule has 2 fully saturated rings. The van der Waals surface area contributed by atoms with Crippen LogP contribution >= 0.6 is 0 Å². The standard InChI is InChI=1S/C15H26N5O/c1-20(2)10-11(15-13(17)8-12(16)9-18-15)7-14(20)19-3-5-21-6-4-19/h8-9,11,14H,3-7,10,16-17H2,1-2H3/q+1. The minimum absolute atomic E-state index is 0.397. The molecule has 2 atom stereocenters. The molecular formula is C15H26N5O+. The molecule has 0 radical (unpaired) electrons. The van der Waals surface area contributed by atoms with Gasteiger partial charge < -0.3 is 20.7 Å². The zero-order valence-corrected chi connectivity index (χ0v) is 13.0. The third kappa shape index (κ3) is 2.84. The van der Waals surface area contributed by atoms with Crippen LogP contribution in [0.1, 0.15) is 18.0 Å². The number of morpholine rings is 1. The monoisotopic (exact) mass is 292 g/mol. The predicted octanol–water partition coefficient (Wildman–Crippen LogP) is 0.468. The fraction of sp³-hybridized carbons (Fsp3) is 0.667. The largest absolute Gasteiger partial charge is 0.397 e. The maximum Gasteiger partial charge on any atom is 0.146 e. The minimum atomic E-state index is 0.397. The Labute approximate surface area is 126 Å². The molecule has 6 nitrogen and oxygen atoms in total. The van der Waals surface area contributed by atoms with E-state index in [2.05, 4.69) is 24.0 Å². The van der Waals surface area contributed by atoms with E-state index in [0.717, 1.165) is 55.1 Å². The Morgan fingerprint density at radius 3 is 2.67 bits per heavy atom. The van der Waals surface area contributed by atoms with E-state index < -0.39 is 0 Å². The van der Waals surface area contributed by atoms with Crippen molar-refractivity contribution < 1.29 is 9.22 Å². The van der Waals surface area contributed by atoms with Gasteiger partial charge in [0.1, 0.15) is 6.17 Å². The van der Waals surface area contributed by atoms with Gasteiger partial charge in [-0.25, -0.2) is 4.90 Å². The number of hydrogen-bond donors (Lipinski definition) is 2. The third-order valence-electron chi connectivity index (χ3n) is 4.82. The van der Waals surface area contributed by atoms with Gasteiger partial charge in [-0.2, -0.15) is 0 Å². The van der Waals surface area contributed by atoms with E-state index >= 15 is 0 Å². The lowest BCUT2D eigenvalue weighted by Gasteiger charge is -2.40. The average Bonchev–Trinajstić information content (AvgIpc) is 2.75. The Balaban J connectivity index is 1.80. The van der Waals surface area contributed by atoms with E-state index in [1.165, 1.54) is 0 Å². The summed E-state index contributed by atoms with van der Waals surface area (Å²) in [6.45, 7) is 4.77. The molecule has 0 saturated carbocycles. The lowest BCUT2D eigenvalue weighted by Crippen LogP contribution is -2.56. The summed E-state index contributed by atoms with van der Waals surface area (Å²) in [4.78, 5) is 7.05. The van der Waals surface area contributed by atoms with E-state index in [4.69, 9.17) is 16.2 Å². The number of rotatable bonds is 2. The van der Waals surface area contributed by atoms with E-state index in [9.17, 15) is 0 Å². The molecule has 4 N–H and O–H groups in total. The first-order valence-corrected chi connectivity index (χ1v) is 7.63. The Morgan fingerprint density at radius 1 is 1.29 bits per heavy atom. The Morgan fingerprint density at radius 2 is 2.00 bits per heavy atom. The highest BCUT2D eigenvalue weighted by Crippen LogP contribution is 2.38. The fourth-order valence-electron chi connectivity index (χ4n) is 3.82. The number of aromatic nitrogens is 1. The molecule has 2 aliphatic rings. The van der Waals surface area contributed by atoms with Crippen molar-refractivity contribution in [2.24, 2.45) is 0 Å². The molecule has 2 saturated heterocycles. The number of quaternary nitrogens is 1. The number of likely N-dealkylation sites (tertiary alicyclic amines) is 1. The van der Waals surface area contributed by atoms with Gasteiger partial charge >= 0.3 is 0 Å². The molecule has 0 amide bonds. The van der Waals surface area contributed by atoms with Crippen LogP contribution in [-0.4, -0.2) is 67.5 Å². The molecule has 6 heteroatoms. The highest BCUT2D eigenvalue weighted by molar-refractivity contribution is 5.54. The Kier molecular flexibility index (Phi) is 3.77. The second-order valence-corrected chi connectivity index (χ2v) is 6.77. The van der Waals surface area contributed by atoms with Crippen LogP contribution in [0.15, 0.2) is 12.3 Å². The second-order valence-electron chi connectivity index (χ2n) is 6.77.